The summed E-state index contributed by atoms with van der Waals surface area (Å²) in [5.41, 5.74) is 1.21. The molecule has 1 unspecified atom stereocenters. The molecule has 4 heteroatoms. The van der Waals surface area contributed by atoms with Gasteiger partial charge in [-0.1, -0.05) is 41.9 Å². The van der Waals surface area contributed by atoms with Gasteiger partial charge in [-0.05, 0) is 17.7 Å². The van der Waals surface area contributed by atoms with Crippen LogP contribution in [0.1, 0.15) is 16.5 Å². The van der Waals surface area contributed by atoms with E-state index in [0.29, 0.717) is 5.88 Å². The Balaban J connectivity index is 1.97. The summed E-state index contributed by atoms with van der Waals surface area (Å²) in [5, 5.41) is 3.44. The summed E-state index contributed by atoms with van der Waals surface area (Å²) in [5.74, 6) is 0.559. The van der Waals surface area contributed by atoms with Gasteiger partial charge in [-0.2, -0.15) is 0 Å². The summed E-state index contributed by atoms with van der Waals surface area (Å²) >= 11 is 13.5. The molecule has 0 aliphatic carbocycles. The van der Waals surface area contributed by atoms with Crippen molar-refractivity contribution < 1.29 is 0 Å². The summed E-state index contributed by atoms with van der Waals surface area (Å²) in [6.45, 7) is 0.795. The monoisotopic (exact) mass is 285 g/mol. The van der Waals surface area contributed by atoms with Gasteiger partial charge in [0.2, 0.25) is 0 Å². The van der Waals surface area contributed by atoms with Crippen LogP contribution in [0.15, 0.2) is 42.5 Å². The molecular weight excluding hydrogens is 273 g/mol. The van der Waals surface area contributed by atoms with Crippen LogP contribution in [0.4, 0.5) is 0 Å². The number of thiophene rings is 1. The topological polar surface area (TPSA) is 12.0 Å². The number of rotatable bonds is 5. The highest BCUT2D eigenvalue weighted by atomic mass is 35.5. The molecule has 0 spiro atoms. The molecule has 90 valence electrons. The maximum atomic E-state index is 5.99. The van der Waals surface area contributed by atoms with Gasteiger partial charge in [-0.25, -0.2) is 0 Å². The normalized spacial score (nSPS) is 12.6. The minimum atomic E-state index is 0.179. The smallest absolute Gasteiger partial charge is 0.0931 e. The number of hydrogen-bond donors (Lipinski definition) is 1. The predicted molar refractivity (Wildman–Crippen MR) is 76.1 cm³/mol. The van der Waals surface area contributed by atoms with Crippen LogP contribution in [0.5, 0.6) is 0 Å². The maximum absolute atomic E-state index is 5.99. The van der Waals surface area contributed by atoms with Crippen molar-refractivity contribution in [3.8, 4) is 0 Å². The van der Waals surface area contributed by atoms with Gasteiger partial charge in [-0.15, -0.1) is 22.9 Å². The molecule has 1 atom stereocenters. The number of benzene rings is 1. The van der Waals surface area contributed by atoms with E-state index in [2.05, 4.69) is 17.4 Å². The Morgan fingerprint density at radius 1 is 1.12 bits per heavy atom. The zero-order valence-corrected chi connectivity index (χ0v) is 11.5. The number of nitrogens with one attached hydrogen (secondary N) is 1. The Morgan fingerprint density at radius 3 is 2.47 bits per heavy atom. The van der Waals surface area contributed by atoms with Crippen LogP contribution in [0, 0.1) is 0 Å². The van der Waals surface area contributed by atoms with Gasteiger partial charge in [0.15, 0.2) is 0 Å². The van der Waals surface area contributed by atoms with Gasteiger partial charge in [0.05, 0.1) is 4.34 Å². The molecule has 17 heavy (non-hydrogen) atoms. The van der Waals surface area contributed by atoms with E-state index in [1.165, 1.54) is 10.4 Å². The van der Waals surface area contributed by atoms with Gasteiger partial charge < -0.3 is 5.32 Å². The van der Waals surface area contributed by atoms with Crippen molar-refractivity contribution in [3.05, 3.63) is 57.2 Å². The van der Waals surface area contributed by atoms with E-state index in [-0.39, 0.29) is 6.04 Å². The maximum Gasteiger partial charge on any atom is 0.0931 e. The number of hydrogen-bond acceptors (Lipinski definition) is 2. The second-order valence-electron chi connectivity index (χ2n) is 3.70. The SMILES string of the molecule is ClCC(NCc1ccc(Cl)s1)c1ccccc1. The molecule has 1 N–H and O–H groups in total. The average Bonchev–Trinajstić information content (AvgIpc) is 2.77. The van der Waals surface area contributed by atoms with Crippen molar-refractivity contribution in [2.45, 2.75) is 12.6 Å². The van der Waals surface area contributed by atoms with E-state index in [4.69, 9.17) is 23.2 Å². The number of alkyl halides is 1. The average molecular weight is 286 g/mol. The summed E-state index contributed by atoms with van der Waals surface area (Å²) in [6.07, 6.45) is 0. The lowest BCUT2D eigenvalue weighted by Gasteiger charge is -2.15. The first kappa shape index (κ1) is 12.9. The Morgan fingerprint density at radius 2 is 1.88 bits per heavy atom. The number of halogens is 2. The van der Waals surface area contributed by atoms with E-state index < -0.39 is 0 Å². The highest BCUT2D eigenvalue weighted by Crippen LogP contribution is 2.22. The highest BCUT2D eigenvalue weighted by Gasteiger charge is 2.09. The van der Waals surface area contributed by atoms with Crippen LogP contribution in [0.2, 0.25) is 4.34 Å². The lowest BCUT2D eigenvalue weighted by molar-refractivity contribution is 0.584. The minimum Gasteiger partial charge on any atom is -0.304 e. The molecule has 0 saturated heterocycles. The van der Waals surface area contributed by atoms with Crippen LogP contribution in [-0.4, -0.2) is 5.88 Å². The molecule has 1 aromatic carbocycles. The molecule has 0 radical (unpaired) electrons. The first-order valence-electron chi connectivity index (χ1n) is 5.38. The molecule has 0 aliphatic heterocycles. The molecule has 1 aromatic heterocycles. The fraction of sp³-hybridized carbons (Fsp3) is 0.231. The first-order valence-corrected chi connectivity index (χ1v) is 7.11. The fourth-order valence-corrected chi connectivity index (χ4v) is 2.94. The largest absolute Gasteiger partial charge is 0.304 e. The first-order chi connectivity index (χ1) is 8.29. The quantitative estimate of drug-likeness (QED) is 0.800. The van der Waals surface area contributed by atoms with E-state index in [9.17, 15) is 0 Å². The van der Waals surface area contributed by atoms with Crippen LogP contribution in [0.3, 0.4) is 0 Å². The Kier molecular flexibility index (Phi) is 4.86. The second kappa shape index (κ2) is 6.41. The van der Waals surface area contributed by atoms with Crippen LogP contribution >= 0.6 is 34.5 Å². The highest BCUT2D eigenvalue weighted by molar-refractivity contribution is 7.16. The third-order valence-corrected chi connectivity index (χ3v) is 4.05. The van der Waals surface area contributed by atoms with Crippen molar-refractivity contribution in [1.82, 2.24) is 5.32 Å². The van der Waals surface area contributed by atoms with Crippen LogP contribution < -0.4 is 5.32 Å². The van der Waals surface area contributed by atoms with Gasteiger partial charge in [0.1, 0.15) is 0 Å². The standard InChI is InChI=1S/C13H13Cl2NS/c14-8-12(10-4-2-1-3-5-10)16-9-11-6-7-13(15)17-11/h1-7,12,16H,8-9H2. The molecule has 2 aromatic rings. The van der Waals surface area contributed by atoms with Crippen molar-refractivity contribution in [3.63, 3.8) is 0 Å². The van der Waals surface area contributed by atoms with Crippen molar-refractivity contribution >= 4 is 34.5 Å². The molecule has 2 rings (SSSR count). The molecule has 0 bridgehead atoms. The van der Waals surface area contributed by atoms with Crippen LogP contribution in [-0.2, 0) is 6.54 Å². The predicted octanol–water partition coefficient (Wildman–Crippen LogP) is 4.47. The molecule has 0 amide bonds. The Labute approximate surface area is 115 Å². The summed E-state index contributed by atoms with van der Waals surface area (Å²) < 4.78 is 0.823. The van der Waals surface area contributed by atoms with Crippen LogP contribution in [0.25, 0.3) is 0 Å². The van der Waals surface area contributed by atoms with Crippen molar-refractivity contribution in [2.75, 3.05) is 5.88 Å². The van der Waals surface area contributed by atoms with Gasteiger partial charge in [-0.3, -0.25) is 0 Å². The van der Waals surface area contributed by atoms with E-state index >= 15 is 0 Å². The Hall–Kier alpha value is -0.540. The molecule has 0 saturated carbocycles. The Bertz CT molecular complexity index is 455. The zero-order chi connectivity index (χ0) is 12.1. The van der Waals surface area contributed by atoms with Gasteiger partial charge in [0.25, 0.3) is 0 Å². The summed E-state index contributed by atoms with van der Waals surface area (Å²) in [6, 6.07) is 14.4. The summed E-state index contributed by atoms with van der Waals surface area (Å²) in [7, 11) is 0. The lowest BCUT2D eigenvalue weighted by Crippen LogP contribution is -2.21. The lowest BCUT2D eigenvalue weighted by atomic mass is 10.1. The van der Waals surface area contributed by atoms with E-state index in [1.54, 1.807) is 11.3 Å². The molecule has 1 nitrogen and oxygen atoms in total. The van der Waals surface area contributed by atoms with Crippen molar-refractivity contribution in [2.24, 2.45) is 0 Å². The third kappa shape index (κ3) is 3.71. The molecular formula is C13H13Cl2NS. The van der Waals surface area contributed by atoms with Crippen molar-refractivity contribution in [1.29, 1.82) is 0 Å². The molecule has 1 heterocycles. The minimum absolute atomic E-state index is 0.179. The molecule has 0 aliphatic rings. The van der Waals surface area contributed by atoms with Gasteiger partial charge in [0, 0.05) is 23.3 Å². The second-order valence-corrected chi connectivity index (χ2v) is 5.81. The third-order valence-electron chi connectivity index (χ3n) is 2.51. The van der Waals surface area contributed by atoms with E-state index in [1.807, 2.05) is 30.3 Å². The molecule has 0 fully saturated rings. The fourth-order valence-electron chi connectivity index (χ4n) is 1.62. The zero-order valence-electron chi connectivity index (χ0n) is 9.20. The van der Waals surface area contributed by atoms with E-state index in [0.717, 1.165) is 10.9 Å². The van der Waals surface area contributed by atoms with Gasteiger partial charge >= 0.3 is 0 Å². The summed E-state index contributed by atoms with van der Waals surface area (Å²) in [4.78, 5) is 1.22.